The number of carbonyl (C=O) groups excluding carboxylic acids is 1. The molecule has 182 valence electrons. The number of piperazine rings is 1. The SMILES string of the molecule is CCOc1cccc(C=C2CCn3c2nc2cc(NC(=O)CN4CCN(C)CC4)ccc2c3=O)c1. The number of ether oxygens (including phenoxy) is 1. The summed E-state index contributed by atoms with van der Waals surface area (Å²) in [5, 5.41) is 3.54. The van der Waals surface area contributed by atoms with Crippen molar-refractivity contribution in [3.05, 3.63) is 64.2 Å². The summed E-state index contributed by atoms with van der Waals surface area (Å²) in [6.45, 7) is 7.24. The third-order valence-electron chi connectivity index (χ3n) is 6.60. The molecule has 5 rings (SSSR count). The van der Waals surface area contributed by atoms with Crippen LogP contribution in [0.3, 0.4) is 0 Å². The van der Waals surface area contributed by atoms with Crippen molar-refractivity contribution in [2.45, 2.75) is 19.9 Å². The van der Waals surface area contributed by atoms with Crippen molar-refractivity contribution in [1.82, 2.24) is 19.4 Å². The van der Waals surface area contributed by atoms with E-state index in [1.54, 1.807) is 22.8 Å². The van der Waals surface area contributed by atoms with E-state index >= 15 is 0 Å². The van der Waals surface area contributed by atoms with E-state index in [-0.39, 0.29) is 11.5 Å². The molecule has 3 heterocycles. The number of amides is 1. The number of hydrogen-bond donors (Lipinski definition) is 1. The maximum absolute atomic E-state index is 13.2. The lowest BCUT2D eigenvalue weighted by molar-refractivity contribution is -0.117. The number of hydrogen-bond acceptors (Lipinski definition) is 6. The van der Waals surface area contributed by atoms with Gasteiger partial charge in [0.2, 0.25) is 5.91 Å². The van der Waals surface area contributed by atoms with E-state index in [0.29, 0.717) is 42.1 Å². The molecule has 0 aliphatic carbocycles. The van der Waals surface area contributed by atoms with Crippen molar-refractivity contribution in [3.8, 4) is 5.75 Å². The minimum Gasteiger partial charge on any atom is -0.494 e. The van der Waals surface area contributed by atoms with Gasteiger partial charge in [-0.2, -0.15) is 0 Å². The Balaban J connectivity index is 1.39. The molecule has 35 heavy (non-hydrogen) atoms. The number of likely N-dealkylation sites (N-methyl/N-ethyl adjacent to an activating group) is 1. The van der Waals surface area contributed by atoms with Gasteiger partial charge in [0.05, 0.1) is 24.1 Å². The molecular weight excluding hydrogens is 442 g/mol. The quantitative estimate of drug-likeness (QED) is 0.593. The van der Waals surface area contributed by atoms with Crippen molar-refractivity contribution < 1.29 is 9.53 Å². The van der Waals surface area contributed by atoms with E-state index in [2.05, 4.69) is 28.2 Å². The lowest BCUT2D eigenvalue weighted by atomic mass is 10.1. The van der Waals surface area contributed by atoms with Gasteiger partial charge in [-0.05, 0) is 67.9 Å². The average Bonchev–Trinajstić information content (AvgIpc) is 3.23. The van der Waals surface area contributed by atoms with E-state index in [9.17, 15) is 9.59 Å². The lowest BCUT2D eigenvalue weighted by Gasteiger charge is -2.31. The first kappa shape index (κ1) is 23.3. The van der Waals surface area contributed by atoms with Crippen LogP contribution in [0.2, 0.25) is 0 Å². The molecule has 2 aliphatic rings. The van der Waals surface area contributed by atoms with Crippen LogP contribution >= 0.6 is 0 Å². The van der Waals surface area contributed by atoms with Gasteiger partial charge in [-0.3, -0.25) is 19.1 Å². The third kappa shape index (κ3) is 5.13. The second kappa shape index (κ2) is 10.0. The smallest absolute Gasteiger partial charge is 0.261 e. The Bertz CT molecular complexity index is 1340. The molecule has 0 radical (unpaired) electrons. The van der Waals surface area contributed by atoms with Crippen LogP contribution in [0.4, 0.5) is 5.69 Å². The fraction of sp³-hybridized carbons (Fsp3) is 0.370. The van der Waals surface area contributed by atoms with Gasteiger partial charge in [0, 0.05) is 38.4 Å². The van der Waals surface area contributed by atoms with E-state index in [1.165, 1.54) is 0 Å². The molecule has 3 aromatic rings. The van der Waals surface area contributed by atoms with Crippen molar-refractivity contribution >= 4 is 34.1 Å². The first-order valence-electron chi connectivity index (χ1n) is 12.2. The molecule has 2 aliphatic heterocycles. The summed E-state index contributed by atoms with van der Waals surface area (Å²) in [6, 6.07) is 13.2. The first-order chi connectivity index (χ1) is 17.0. The molecule has 1 amide bonds. The van der Waals surface area contributed by atoms with Gasteiger partial charge in [-0.25, -0.2) is 4.98 Å². The molecule has 1 N–H and O–H groups in total. The number of carbonyl (C=O) groups is 1. The van der Waals surface area contributed by atoms with Gasteiger partial charge in [0.1, 0.15) is 11.6 Å². The Morgan fingerprint density at radius 1 is 1.11 bits per heavy atom. The Kier molecular flexibility index (Phi) is 6.66. The van der Waals surface area contributed by atoms with Crippen LogP contribution < -0.4 is 15.6 Å². The predicted octanol–water partition coefficient (Wildman–Crippen LogP) is 2.93. The van der Waals surface area contributed by atoms with E-state index in [1.807, 2.05) is 31.2 Å². The summed E-state index contributed by atoms with van der Waals surface area (Å²) < 4.78 is 7.36. The van der Waals surface area contributed by atoms with Crippen LogP contribution in [-0.2, 0) is 11.3 Å². The van der Waals surface area contributed by atoms with Gasteiger partial charge in [-0.15, -0.1) is 0 Å². The standard InChI is InChI=1S/C27H31N5O3/c1-3-35-22-6-4-5-19(16-22)15-20-9-10-32-26(20)29-24-17-21(7-8-23(24)27(32)34)28-25(33)18-31-13-11-30(2)12-14-31/h4-8,15-17H,3,9-14,18H2,1-2H3,(H,28,33). The molecule has 0 atom stereocenters. The lowest BCUT2D eigenvalue weighted by Crippen LogP contribution is -2.47. The van der Waals surface area contributed by atoms with E-state index < -0.39 is 0 Å². The van der Waals surface area contributed by atoms with Crippen LogP contribution in [-0.4, -0.2) is 71.6 Å². The molecule has 1 fully saturated rings. The summed E-state index contributed by atoms with van der Waals surface area (Å²) >= 11 is 0. The maximum atomic E-state index is 13.2. The number of fused-ring (bicyclic) bond motifs is 2. The van der Waals surface area contributed by atoms with Gasteiger partial charge in [0.25, 0.3) is 5.56 Å². The topological polar surface area (TPSA) is 79.7 Å². The van der Waals surface area contributed by atoms with Crippen molar-refractivity contribution in [1.29, 1.82) is 0 Å². The molecule has 2 aromatic carbocycles. The van der Waals surface area contributed by atoms with Crippen molar-refractivity contribution in [2.75, 3.05) is 51.7 Å². The number of allylic oxidation sites excluding steroid dienone is 1. The molecule has 8 heteroatoms. The number of nitrogens with one attached hydrogen (secondary N) is 1. The van der Waals surface area contributed by atoms with Crippen LogP contribution in [0.5, 0.6) is 5.75 Å². The number of nitrogens with zero attached hydrogens (tertiary/aromatic N) is 4. The molecule has 0 bridgehead atoms. The Morgan fingerprint density at radius 2 is 1.94 bits per heavy atom. The molecule has 1 saturated heterocycles. The largest absolute Gasteiger partial charge is 0.494 e. The monoisotopic (exact) mass is 473 g/mol. The summed E-state index contributed by atoms with van der Waals surface area (Å²) in [5.74, 6) is 1.45. The second-order valence-electron chi connectivity index (χ2n) is 9.18. The fourth-order valence-corrected chi connectivity index (χ4v) is 4.70. The third-order valence-corrected chi connectivity index (χ3v) is 6.60. The molecule has 1 aromatic heterocycles. The van der Waals surface area contributed by atoms with Crippen LogP contribution in [0.25, 0.3) is 22.6 Å². The van der Waals surface area contributed by atoms with Crippen LogP contribution in [0, 0.1) is 0 Å². The molecule has 0 spiro atoms. The zero-order valence-corrected chi connectivity index (χ0v) is 20.3. The molecule has 8 nitrogen and oxygen atoms in total. The predicted molar refractivity (Wildman–Crippen MR) is 139 cm³/mol. The number of benzene rings is 2. The summed E-state index contributed by atoms with van der Waals surface area (Å²) in [4.78, 5) is 35.0. The summed E-state index contributed by atoms with van der Waals surface area (Å²) in [5.41, 5.74) is 3.23. The molecular formula is C27H31N5O3. The summed E-state index contributed by atoms with van der Waals surface area (Å²) in [6.07, 6.45) is 2.81. The second-order valence-corrected chi connectivity index (χ2v) is 9.18. The van der Waals surface area contributed by atoms with Crippen molar-refractivity contribution in [3.63, 3.8) is 0 Å². The van der Waals surface area contributed by atoms with E-state index in [0.717, 1.165) is 49.5 Å². The zero-order valence-electron chi connectivity index (χ0n) is 20.3. The maximum Gasteiger partial charge on any atom is 0.261 e. The minimum atomic E-state index is -0.0541. The van der Waals surface area contributed by atoms with Gasteiger partial charge in [0.15, 0.2) is 0 Å². The van der Waals surface area contributed by atoms with Crippen LogP contribution in [0.15, 0.2) is 47.3 Å². The molecule has 0 unspecified atom stereocenters. The Hall–Kier alpha value is -3.49. The first-order valence-corrected chi connectivity index (χ1v) is 12.2. The highest BCUT2D eigenvalue weighted by Gasteiger charge is 2.22. The molecule has 0 saturated carbocycles. The number of rotatable bonds is 6. The number of aromatic nitrogens is 2. The fourth-order valence-electron chi connectivity index (χ4n) is 4.70. The minimum absolute atomic E-state index is 0.0493. The van der Waals surface area contributed by atoms with Gasteiger partial charge >= 0.3 is 0 Å². The summed E-state index contributed by atoms with van der Waals surface area (Å²) in [7, 11) is 2.09. The Morgan fingerprint density at radius 3 is 2.74 bits per heavy atom. The normalized spacial score (nSPS) is 17.6. The Labute approximate surface area is 204 Å². The van der Waals surface area contributed by atoms with E-state index in [4.69, 9.17) is 9.72 Å². The van der Waals surface area contributed by atoms with Crippen molar-refractivity contribution in [2.24, 2.45) is 0 Å². The number of anilines is 1. The van der Waals surface area contributed by atoms with Crippen LogP contribution in [0.1, 0.15) is 24.7 Å². The van der Waals surface area contributed by atoms with Gasteiger partial charge < -0.3 is 15.0 Å². The highest BCUT2D eigenvalue weighted by molar-refractivity contribution is 5.95. The highest BCUT2D eigenvalue weighted by Crippen LogP contribution is 2.29. The highest BCUT2D eigenvalue weighted by atomic mass is 16.5. The zero-order chi connectivity index (χ0) is 24.4. The average molecular weight is 474 g/mol. The van der Waals surface area contributed by atoms with Gasteiger partial charge in [-0.1, -0.05) is 12.1 Å².